The Morgan fingerprint density at radius 1 is 1.19 bits per heavy atom. The second-order valence-electron chi connectivity index (χ2n) is 6.12. The summed E-state index contributed by atoms with van der Waals surface area (Å²) in [5.74, 6) is -0.908. The molecular formula is C20H16ClN3O2. The van der Waals surface area contributed by atoms with Crippen LogP contribution in [0.2, 0.25) is 5.02 Å². The van der Waals surface area contributed by atoms with E-state index >= 15 is 0 Å². The average Bonchev–Trinajstić information content (AvgIpc) is 3.04. The van der Waals surface area contributed by atoms with Gasteiger partial charge in [-0.05, 0) is 35.9 Å². The van der Waals surface area contributed by atoms with Crippen LogP contribution in [0.1, 0.15) is 5.56 Å². The van der Waals surface area contributed by atoms with Crippen molar-refractivity contribution in [2.75, 3.05) is 5.32 Å². The lowest BCUT2D eigenvalue weighted by Crippen LogP contribution is -2.31. The molecule has 2 heterocycles. The maximum atomic E-state index is 11.8. The van der Waals surface area contributed by atoms with Crippen LogP contribution in [0.4, 0.5) is 5.69 Å². The third-order valence-electron chi connectivity index (χ3n) is 4.43. The van der Waals surface area contributed by atoms with Crippen molar-refractivity contribution in [2.45, 2.75) is 12.5 Å². The predicted octanol–water partition coefficient (Wildman–Crippen LogP) is 4.48. The third kappa shape index (κ3) is 3.09. The van der Waals surface area contributed by atoms with Gasteiger partial charge in [-0.3, -0.25) is 4.98 Å². The maximum absolute atomic E-state index is 11.8. The smallest absolute Gasteiger partial charge is 0.326 e. The fourth-order valence-electron chi connectivity index (χ4n) is 3.16. The van der Waals surface area contributed by atoms with Gasteiger partial charge in [0.25, 0.3) is 0 Å². The molecule has 26 heavy (non-hydrogen) atoms. The highest BCUT2D eigenvalue weighted by atomic mass is 35.5. The van der Waals surface area contributed by atoms with Gasteiger partial charge in [0, 0.05) is 45.8 Å². The van der Waals surface area contributed by atoms with Crippen LogP contribution in [0.5, 0.6) is 0 Å². The monoisotopic (exact) mass is 365 g/mol. The summed E-state index contributed by atoms with van der Waals surface area (Å²) in [4.78, 5) is 19.3. The van der Waals surface area contributed by atoms with Gasteiger partial charge < -0.3 is 15.4 Å². The number of nitrogens with zero attached hydrogens (tertiary/aromatic N) is 1. The summed E-state index contributed by atoms with van der Waals surface area (Å²) in [6, 6.07) is 14.2. The fraction of sp³-hybridized carbons (Fsp3) is 0.100. The molecule has 2 aromatic carbocycles. The number of carboxylic acid groups (broad SMARTS) is 1. The van der Waals surface area contributed by atoms with Crippen LogP contribution in [-0.2, 0) is 11.2 Å². The van der Waals surface area contributed by atoms with Crippen LogP contribution in [0, 0.1) is 0 Å². The minimum atomic E-state index is -0.908. The van der Waals surface area contributed by atoms with Crippen molar-refractivity contribution in [2.24, 2.45) is 0 Å². The molecule has 4 rings (SSSR count). The number of carboxylic acids is 1. The van der Waals surface area contributed by atoms with Gasteiger partial charge in [0.15, 0.2) is 0 Å². The van der Waals surface area contributed by atoms with Gasteiger partial charge in [-0.1, -0.05) is 29.8 Å². The second-order valence-corrected chi connectivity index (χ2v) is 6.56. The molecule has 5 nitrogen and oxygen atoms in total. The molecule has 2 aromatic heterocycles. The number of benzene rings is 2. The molecule has 130 valence electrons. The van der Waals surface area contributed by atoms with Crippen molar-refractivity contribution in [1.29, 1.82) is 0 Å². The molecule has 0 spiro atoms. The summed E-state index contributed by atoms with van der Waals surface area (Å²) in [5.41, 5.74) is 3.40. The second kappa shape index (κ2) is 6.69. The van der Waals surface area contributed by atoms with E-state index in [1.165, 1.54) is 0 Å². The number of nitrogens with one attached hydrogen (secondary N) is 2. The highest BCUT2D eigenvalue weighted by Gasteiger charge is 2.20. The number of anilines is 1. The summed E-state index contributed by atoms with van der Waals surface area (Å²) in [7, 11) is 0. The minimum Gasteiger partial charge on any atom is -0.480 e. The number of hydrogen-bond acceptors (Lipinski definition) is 3. The number of H-pyrrole nitrogens is 1. The highest BCUT2D eigenvalue weighted by Crippen LogP contribution is 2.26. The van der Waals surface area contributed by atoms with Crippen LogP contribution in [0.15, 0.2) is 60.9 Å². The van der Waals surface area contributed by atoms with E-state index in [9.17, 15) is 9.90 Å². The molecule has 0 saturated carbocycles. The Bertz CT molecular complexity index is 1110. The van der Waals surface area contributed by atoms with Crippen molar-refractivity contribution in [3.8, 4) is 0 Å². The van der Waals surface area contributed by atoms with Gasteiger partial charge in [0.05, 0.1) is 5.52 Å². The molecule has 0 aliphatic rings. The molecule has 0 aliphatic carbocycles. The molecule has 0 aliphatic heterocycles. The summed E-state index contributed by atoms with van der Waals surface area (Å²) in [5, 5.41) is 15.3. The lowest BCUT2D eigenvalue weighted by atomic mass is 10.0. The Balaban J connectivity index is 1.67. The van der Waals surface area contributed by atoms with Crippen molar-refractivity contribution in [3.05, 3.63) is 71.5 Å². The predicted molar refractivity (Wildman–Crippen MR) is 104 cm³/mol. The first-order valence-corrected chi connectivity index (χ1v) is 8.58. The van der Waals surface area contributed by atoms with Crippen molar-refractivity contribution >= 4 is 45.1 Å². The van der Waals surface area contributed by atoms with Crippen LogP contribution in [0.25, 0.3) is 21.8 Å². The average molecular weight is 366 g/mol. The highest BCUT2D eigenvalue weighted by molar-refractivity contribution is 6.31. The lowest BCUT2D eigenvalue weighted by molar-refractivity contribution is -0.137. The van der Waals surface area contributed by atoms with Crippen molar-refractivity contribution < 1.29 is 9.90 Å². The summed E-state index contributed by atoms with van der Waals surface area (Å²) >= 11 is 6.02. The number of pyridine rings is 1. The Morgan fingerprint density at radius 3 is 2.88 bits per heavy atom. The quantitative estimate of drug-likeness (QED) is 0.487. The van der Waals surface area contributed by atoms with E-state index in [4.69, 9.17) is 11.6 Å². The lowest BCUT2D eigenvalue weighted by Gasteiger charge is -2.17. The van der Waals surface area contributed by atoms with Crippen LogP contribution < -0.4 is 5.32 Å². The third-order valence-corrected chi connectivity index (χ3v) is 4.67. The Kier molecular flexibility index (Phi) is 4.22. The van der Waals surface area contributed by atoms with E-state index in [1.54, 1.807) is 24.4 Å². The van der Waals surface area contributed by atoms with Gasteiger partial charge in [-0.25, -0.2) is 4.79 Å². The number of fused-ring (bicyclic) bond motifs is 2. The molecular weight excluding hydrogens is 350 g/mol. The SMILES string of the molecule is O=C(O)[C@H](Cc1c[nH]c2ccccc12)Nc1ccnc2cc(Cl)ccc12. The topological polar surface area (TPSA) is 78.0 Å². The molecule has 0 saturated heterocycles. The molecule has 6 heteroatoms. The molecule has 1 atom stereocenters. The normalized spacial score (nSPS) is 12.3. The molecule has 4 aromatic rings. The Morgan fingerprint density at radius 2 is 2.04 bits per heavy atom. The van der Waals surface area contributed by atoms with Gasteiger partial charge in [-0.15, -0.1) is 0 Å². The number of aromatic nitrogens is 2. The molecule has 0 amide bonds. The van der Waals surface area contributed by atoms with Crippen LogP contribution in [-0.4, -0.2) is 27.1 Å². The number of para-hydroxylation sites is 1. The minimum absolute atomic E-state index is 0.358. The molecule has 0 unspecified atom stereocenters. The van der Waals surface area contributed by atoms with Gasteiger partial charge >= 0.3 is 5.97 Å². The van der Waals surface area contributed by atoms with Gasteiger partial charge in [0.2, 0.25) is 0 Å². The first-order chi connectivity index (χ1) is 12.6. The molecule has 0 fully saturated rings. The number of aromatic amines is 1. The van der Waals surface area contributed by atoms with E-state index in [-0.39, 0.29) is 0 Å². The first kappa shape index (κ1) is 16.4. The first-order valence-electron chi connectivity index (χ1n) is 8.20. The number of aliphatic carboxylic acids is 1. The zero-order valence-electron chi connectivity index (χ0n) is 13.7. The van der Waals surface area contributed by atoms with E-state index in [2.05, 4.69) is 15.3 Å². The van der Waals surface area contributed by atoms with E-state index in [0.717, 1.165) is 33.1 Å². The molecule has 3 N–H and O–H groups in total. The number of halogens is 1. The number of hydrogen-bond donors (Lipinski definition) is 3. The van der Waals surface area contributed by atoms with Crippen molar-refractivity contribution in [1.82, 2.24) is 9.97 Å². The van der Waals surface area contributed by atoms with Crippen LogP contribution >= 0.6 is 11.6 Å². The van der Waals surface area contributed by atoms with E-state index < -0.39 is 12.0 Å². The zero-order valence-corrected chi connectivity index (χ0v) is 14.5. The zero-order chi connectivity index (χ0) is 18.1. The summed E-state index contributed by atoms with van der Waals surface area (Å²) < 4.78 is 0. The number of carbonyl (C=O) groups is 1. The summed E-state index contributed by atoms with van der Waals surface area (Å²) in [6.07, 6.45) is 3.87. The van der Waals surface area contributed by atoms with Crippen molar-refractivity contribution in [3.63, 3.8) is 0 Å². The Hall–Kier alpha value is -3.05. The largest absolute Gasteiger partial charge is 0.480 e. The number of rotatable bonds is 5. The molecule has 0 bridgehead atoms. The fourth-order valence-corrected chi connectivity index (χ4v) is 3.32. The maximum Gasteiger partial charge on any atom is 0.326 e. The van der Waals surface area contributed by atoms with E-state index in [0.29, 0.717) is 11.4 Å². The molecule has 0 radical (unpaired) electrons. The standard InChI is InChI=1S/C20H16ClN3O2/c21-13-5-6-15-17(7-8-22-18(15)10-13)24-19(20(25)26)9-12-11-23-16-4-2-1-3-14(12)16/h1-8,10-11,19,23H,9H2,(H,22,24)(H,25,26)/t19-/m0/s1. The van der Waals surface area contributed by atoms with Gasteiger partial charge in [0.1, 0.15) is 6.04 Å². The van der Waals surface area contributed by atoms with Crippen LogP contribution in [0.3, 0.4) is 0 Å². The van der Waals surface area contributed by atoms with E-state index in [1.807, 2.05) is 36.5 Å². The summed E-state index contributed by atoms with van der Waals surface area (Å²) in [6.45, 7) is 0. The van der Waals surface area contributed by atoms with Gasteiger partial charge in [-0.2, -0.15) is 0 Å². The Labute approximate surface area is 154 Å².